The minimum absolute atomic E-state index is 0.148. The van der Waals surface area contributed by atoms with E-state index >= 15 is 0 Å². The van der Waals surface area contributed by atoms with E-state index in [1.165, 1.54) is 0 Å². The van der Waals surface area contributed by atoms with Crippen LogP contribution >= 0.6 is 0 Å². The number of carbonyl (C=O) groups is 3. The molecule has 1 aromatic rings. The van der Waals surface area contributed by atoms with Gasteiger partial charge in [0.15, 0.2) is 6.61 Å². The van der Waals surface area contributed by atoms with Crippen LogP contribution in [0, 0.1) is 5.92 Å². The van der Waals surface area contributed by atoms with Gasteiger partial charge in [-0.2, -0.15) is 0 Å². The first kappa shape index (κ1) is 19.0. The second-order valence-electron chi connectivity index (χ2n) is 6.61. The van der Waals surface area contributed by atoms with Crippen LogP contribution in [0.1, 0.15) is 43.5 Å². The number of piperidine rings is 1. The Balaban J connectivity index is 1.89. The molecule has 2 amide bonds. The minimum atomic E-state index is -0.790. The summed E-state index contributed by atoms with van der Waals surface area (Å²) in [6.07, 6.45) is 3.10. The van der Waals surface area contributed by atoms with Crippen molar-refractivity contribution >= 4 is 17.8 Å². The van der Waals surface area contributed by atoms with Gasteiger partial charge in [-0.25, -0.2) is 4.79 Å². The van der Waals surface area contributed by atoms with Crippen LogP contribution in [0.4, 0.5) is 0 Å². The number of ether oxygens (including phenoxy) is 1. The second kappa shape index (κ2) is 9.20. The summed E-state index contributed by atoms with van der Waals surface area (Å²) < 4.78 is 5.17. The molecule has 136 valence electrons. The fraction of sp³-hybridized carbons (Fsp3) is 0.526. The molecule has 0 aliphatic carbocycles. The van der Waals surface area contributed by atoms with Crippen LogP contribution in [-0.4, -0.2) is 48.4 Å². The highest BCUT2D eigenvalue weighted by Gasteiger charge is 2.27. The number of likely N-dealkylation sites (tertiary alicyclic amines) is 1. The summed E-state index contributed by atoms with van der Waals surface area (Å²) in [5, 5.41) is 2.70. The lowest BCUT2D eigenvalue weighted by Gasteiger charge is -2.27. The van der Waals surface area contributed by atoms with Crippen molar-refractivity contribution in [2.45, 2.75) is 39.2 Å². The Morgan fingerprint density at radius 1 is 1.08 bits per heavy atom. The maximum atomic E-state index is 12.3. The number of benzene rings is 1. The molecule has 1 aliphatic rings. The highest BCUT2D eigenvalue weighted by Crippen LogP contribution is 2.10. The van der Waals surface area contributed by atoms with E-state index in [-0.39, 0.29) is 24.3 Å². The van der Waals surface area contributed by atoms with Gasteiger partial charge in [-0.05, 0) is 37.3 Å². The molecule has 0 spiro atoms. The fourth-order valence-electron chi connectivity index (χ4n) is 2.77. The summed E-state index contributed by atoms with van der Waals surface area (Å²) in [4.78, 5) is 38.4. The van der Waals surface area contributed by atoms with Gasteiger partial charge in [0.1, 0.15) is 6.04 Å². The first-order chi connectivity index (χ1) is 12.0. The van der Waals surface area contributed by atoms with Crippen LogP contribution in [0.15, 0.2) is 30.3 Å². The van der Waals surface area contributed by atoms with Crippen molar-refractivity contribution < 1.29 is 19.1 Å². The maximum Gasteiger partial charge on any atom is 0.329 e. The monoisotopic (exact) mass is 346 g/mol. The van der Waals surface area contributed by atoms with Gasteiger partial charge < -0.3 is 15.0 Å². The summed E-state index contributed by atoms with van der Waals surface area (Å²) in [7, 11) is 0. The molecule has 6 nitrogen and oxygen atoms in total. The van der Waals surface area contributed by atoms with Gasteiger partial charge >= 0.3 is 5.97 Å². The number of hydrogen-bond acceptors (Lipinski definition) is 4. The average molecular weight is 346 g/mol. The lowest BCUT2D eigenvalue weighted by atomic mass is 10.0. The maximum absolute atomic E-state index is 12.3. The molecule has 1 atom stereocenters. The number of carbonyl (C=O) groups excluding carboxylic acids is 3. The Bertz CT molecular complexity index is 595. The summed E-state index contributed by atoms with van der Waals surface area (Å²) in [6.45, 7) is 4.81. The Kier molecular flexibility index (Phi) is 6.98. The van der Waals surface area contributed by atoms with E-state index in [1.54, 1.807) is 29.2 Å². The summed E-state index contributed by atoms with van der Waals surface area (Å²) in [5.74, 6) is -1.24. The van der Waals surface area contributed by atoms with E-state index in [4.69, 9.17) is 4.74 Å². The molecule has 0 radical (unpaired) electrons. The summed E-state index contributed by atoms with van der Waals surface area (Å²) in [6, 6.07) is 7.90. The zero-order valence-electron chi connectivity index (χ0n) is 14.9. The molecular formula is C19H26N2O4. The second-order valence-corrected chi connectivity index (χ2v) is 6.61. The molecule has 0 aromatic heterocycles. The topological polar surface area (TPSA) is 75.7 Å². The van der Waals surface area contributed by atoms with Gasteiger partial charge in [0.25, 0.3) is 11.8 Å². The van der Waals surface area contributed by atoms with E-state index < -0.39 is 12.0 Å². The predicted molar refractivity (Wildman–Crippen MR) is 93.9 cm³/mol. The van der Waals surface area contributed by atoms with E-state index in [1.807, 2.05) is 19.9 Å². The SMILES string of the molecule is CC(C)[C@@H](NC(=O)c1ccccc1)C(=O)OCC(=O)N1CCCCC1. The number of hydrogen-bond donors (Lipinski definition) is 1. The lowest BCUT2D eigenvalue weighted by molar-refractivity contribution is -0.154. The molecule has 1 aliphatic heterocycles. The van der Waals surface area contributed by atoms with Crippen molar-refractivity contribution in [3.05, 3.63) is 35.9 Å². The molecule has 1 heterocycles. The zero-order valence-corrected chi connectivity index (χ0v) is 14.9. The number of rotatable bonds is 6. The minimum Gasteiger partial charge on any atom is -0.454 e. The van der Waals surface area contributed by atoms with Crippen molar-refractivity contribution in [2.75, 3.05) is 19.7 Å². The van der Waals surface area contributed by atoms with Crippen molar-refractivity contribution in [1.82, 2.24) is 10.2 Å². The zero-order chi connectivity index (χ0) is 18.2. The van der Waals surface area contributed by atoms with Gasteiger partial charge in [-0.3, -0.25) is 9.59 Å². The molecule has 25 heavy (non-hydrogen) atoms. The Morgan fingerprint density at radius 3 is 2.32 bits per heavy atom. The van der Waals surface area contributed by atoms with Crippen LogP contribution in [0.3, 0.4) is 0 Å². The smallest absolute Gasteiger partial charge is 0.329 e. The molecule has 0 bridgehead atoms. The number of amides is 2. The third-order valence-corrected chi connectivity index (χ3v) is 4.29. The highest BCUT2D eigenvalue weighted by atomic mass is 16.5. The molecule has 1 saturated heterocycles. The van der Waals surface area contributed by atoms with Crippen molar-refractivity contribution in [1.29, 1.82) is 0 Å². The third kappa shape index (κ3) is 5.59. The summed E-state index contributed by atoms with van der Waals surface area (Å²) in [5.41, 5.74) is 0.477. The largest absolute Gasteiger partial charge is 0.454 e. The van der Waals surface area contributed by atoms with Gasteiger partial charge in [0.05, 0.1) is 0 Å². The van der Waals surface area contributed by atoms with Gasteiger partial charge in [-0.15, -0.1) is 0 Å². The molecule has 1 aromatic carbocycles. The van der Waals surface area contributed by atoms with Gasteiger partial charge in [-0.1, -0.05) is 32.0 Å². The number of esters is 1. The third-order valence-electron chi connectivity index (χ3n) is 4.29. The van der Waals surface area contributed by atoms with Gasteiger partial charge in [0, 0.05) is 18.7 Å². The molecule has 2 rings (SSSR count). The summed E-state index contributed by atoms with van der Waals surface area (Å²) >= 11 is 0. The number of nitrogens with one attached hydrogen (secondary N) is 1. The lowest BCUT2D eigenvalue weighted by Crippen LogP contribution is -2.46. The van der Waals surface area contributed by atoms with E-state index in [0.717, 1.165) is 32.4 Å². The van der Waals surface area contributed by atoms with Crippen molar-refractivity contribution in [2.24, 2.45) is 5.92 Å². The Morgan fingerprint density at radius 2 is 1.72 bits per heavy atom. The Hall–Kier alpha value is -2.37. The first-order valence-corrected chi connectivity index (χ1v) is 8.79. The molecular weight excluding hydrogens is 320 g/mol. The van der Waals surface area contributed by atoms with Gasteiger partial charge in [0.2, 0.25) is 0 Å². The first-order valence-electron chi connectivity index (χ1n) is 8.79. The van der Waals surface area contributed by atoms with Crippen LogP contribution in [-0.2, 0) is 14.3 Å². The molecule has 0 unspecified atom stereocenters. The highest BCUT2D eigenvalue weighted by molar-refractivity contribution is 5.97. The van der Waals surface area contributed by atoms with E-state index in [9.17, 15) is 14.4 Å². The van der Waals surface area contributed by atoms with Crippen LogP contribution in [0.5, 0.6) is 0 Å². The number of nitrogens with zero attached hydrogens (tertiary/aromatic N) is 1. The molecule has 6 heteroatoms. The predicted octanol–water partition coefficient (Wildman–Crippen LogP) is 2.00. The Labute approximate surface area is 148 Å². The molecule has 1 N–H and O–H groups in total. The van der Waals surface area contributed by atoms with Crippen LogP contribution in [0.2, 0.25) is 0 Å². The standard InChI is InChI=1S/C19H26N2O4/c1-14(2)17(20-18(23)15-9-5-3-6-10-15)19(24)25-13-16(22)21-11-7-4-8-12-21/h3,5-6,9-10,14,17H,4,7-8,11-13H2,1-2H3,(H,20,23)/t17-/m1/s1. The van der Waals surface area contributed by atoms with Crippen molar-refractivity contribution in [3.8, 4) is 0 Å². The van der Waals surface area contributed by atoms with E-state index in [0.29, 0.717) is 5.56 Å². The van der Waals surface area contributed by atoms with Crippen molar-refractivity contribution in [3.63, 3.8) is 0 Å². The quantitative estimate of drug-likeness (QED) is 0.800. The molecule has 0 saturated carbocycles. The normalized spacial score (nSPS) is 15.6. The molecule has 1 fully saturated rings. The van der Waals surface area contributed by atoms with Crippen LogP contribution in [0.25, 0.3) is 0 Å². The van der Waals surface area contributed by atoms with Crippen LogP contribution < -0.4 is 5.32 Å². The fourth-order valence-corrected chi connectivity index (χ4v) is 2.77. The average Bonchev–Trinajstić information content (AvgIpc) is 2.64. The van der Waals surface area contributed by atoms with E-state index in [2.05, 4.69) is 5.32 Å².